The first-order valence-electron chi connectivity index (χ1n) is 13.8. The fourth-order valence-electron chi connectivity index (χ4n) is 8.48. The van der Waals surface area contributed by atoms with E-state index in [9.17, 15) is 0 Å². The molecule has 1 aromatic heterocycles. The molecule has 0 amide bonds. The molecule has 0 spiro atoms. The average molecular weight is 485 g/mol. The number of nitrogens with zero attached hydrogens (tertiary/aromatic N) is 1. The van der Waals surface area contributed by atoms with Crippen molar-refractivity contribution in [2.24, 2.45) is 0 Å². The summed E-state index contributed by atoms with van der Waals surface area (Å²) in [4.78, 5) is 0. The molecule has 0 radical (unpaired) electrons. The summed E-state index contributed by atoms with van der Waals surface area (Å²) < 4.78 is 2.59. The third-order valence-corrected chi connectivity index (χ3v) is 10.0. The van der Waals surface area contributed by atoms with Crippen molar-refractivity contribution in [3.05, 3.63) is 119 Å². The smallest absolute Gasteiger partial charge is 0.248 e. The number of aromatic nitrogens is 1. The fourth-order valence-corrected chi connectivity index (χ4v) is 8.48. The molecule has 6 aromatic rings. The molecular formula is C36H28BN. The highest BCUT2D eigenvalue weighted by Gasteiger charge is 2.52. The van der Waals surface area contributed by atoms with Gasteiger partial charge in [-0.25, -0.2) is 0 Å². The Labute approximate surface area is 223 Å². The third kappa shape index (κ3) is 2.17. The van der Waals surface area contributed by atoms with E-state index < -0.39 is 0 Å². The summed E-state index contributed by atoms with van der Waals surface area (Å²) in [5.74, 6) is 0. The van der Waals surface area contributed by atoms with E-state index in [1.807, 2.05) is 0 Å². The van der Waals surface area contributed by atoms with Crippen molar-refractivity contribution in [2.75, 3.05) is 0 Å². The molecule has 5 aromatic carbocycles. The summed E-state index contributed by atoms with van der Waals surface area (Å²) >= 11 is 0. The van der Waals surface area contributed by atoms with Crippen molar-refractivity contribution in [3.63, 3.8) is 0 Å². The molecule has 0 aliphatic carbocycles. The van der Waals surface area contributed by atoms with Crippen molar-refractivity contribution in [2.45, 2.75) is 38.5 Å². The minimum atomic E-state index is -0.125. The number of fused-ring (bicyclic) bond motifs is 4. The van der Waals surface area contributed by atoms with Gasteiger partial charge in [0, 0.05) is 32.8 Å². The molecule has 0 fully saturated rings. The molecule has 180 valence electrons. The van der Waals surface area contributed by atoms with Crippen LogP contribution in [0.5, 0.6) is 0 Å². The van der Waals surface area contributed by atoms with Crippen LogP contribution < -0.4 is 16.4 Å². The van der Waals surface area contributed by atoms with Crippen LogP contribution in [-0.2, 0) is 10.8 Å². The monoisotopic (exact) mass is 485 g/mol. The summed E-state index contributed by atoms with van der Waals surface area (Å²) in [7, 11) is 0. The molecule has 3 aliphatic heterocycles. The van der Waals surface area contributed by atoms with Gasteiger partial charge in [-0.3, -0.25) is 0 Å². The lowest BCUT2D eigenvalue weighted by Crippen LogP contribution is -2.68. The van der Waals surface area contributed by atoms with Gasteiger partial charge in [-0.2, -0.15) is 0 Å². The van der Waals surface area contributed by atoms with E-state index in [4.69, 9.17) is 0 Å². The van der Waals surface area contributed by atoms with Gasteiger partial charge in [0.05, 0.1) is 5.52 Å². The lowest BCUT2D eigenvalue weighted by atomic mass is 9.26. The molecule has 4 heterocycles. The van der Waals surface area contributed by atoms with Gasteiger partial charge in [-0.15, -0.1) is 0 Å². The molecular weight excluding hydrogens is 457 g/mol. The zero-order chi connectivity index (χ0) is 25.6. The Bertz CT molecular complexity index is 2020. The minimum Gasteiger partial charge on any atom is -0.310 e. The lowest BCUT2D eigenvalue weighted by Gasteiger charge is -2.49. The first kappa shape index (κ1) is 21.0. The second-order valence-electron chi connectivity index (χ2n) is 12.5. The van der Waals surface area contributed by atoms with Gasteiger partial charge in [0.2, 0.25) is 6.71 Å². The van der Waals surface area contributed by atoms with Gasteiger partial charge < -0.3 is 4.57 Å². The van der Waals surface area contributed by atoms with Crippen molar-refractivity contribution in [1.29, 1.82) is 0 Å². The van der Waals surface area contributed by atoms with Crippen LogP contribution >= 0.6 is 0 Å². The zero-order valence-corrected chi connectivity index (χ0v) is 22.3. The van der Waals surface area contributed by atoms with Gasteiger partial charge in [-0.1, -0.05) is 118 Å². The van der Waals surface area contributed by atoms with Gasteiger partial charge in [-0.05, 0) is 56.4 Å². The molecule has 0 N–H and O–H groups in total. The van der Waals surface area contributed by atoms with Crippen LogP contribution in [0.1, 0.15) is 49.9 Å². The molecule has 9 rings (SSSR count). The van der Waals surface area contributed by atoms with Crippen LogP contribution in [0.3, 0.4) is 0 Å². The molecule has 0 atom stereocenters. The van der Waals surface area contributed by atoms with E-state index in [1.54, 1.807) is 5.46 Å². The summed E-state index contributed by atoms with van der Waals surface area (Å²) in [5.41, 5.74) is 17.1. The van der Waals surface area contributed by atoms with Crippen LogP contribution in [-0.4, -0.2) is 11.3 Å². The standard InChI is InChI=1S/C36H28BN/c1-35(2)26-19-17-22(21-11-6-5-7-12-21)30-32(26)37-31-25(36(30,3)4)14-10-16-29(31)38-28-15-9-8-13-23(28)24-18-20-27(35)33(37)34(24)38/h5-20H,1-4H3. The molecule has 0 saturated heterocycles. The molecule has 38 heavy (non-hydrogen) atoms. The summed E-state index contributed by atoms with van der Waals surface area (Å²) in [6.45, 7) is 10.0. The van der Waals surface area contributed by atoms with Crippen LogP contribution in [0.25, 0.3) is 38.6 Å². The summed E-state index contributed by atoms with van der Waals surface area (Å²) in [6, 6.07) is 36.7. The predicted octanol–water partition coefficient (Wildman–Crippen LogP) is 6.56. The molecule has 3 aliphatic rings. The second kappa shape index (κ2) is 6.50. The number of hydrogen-bond donors (Lipinski definition) is 0. The van der Waals surface area contributed by atoms with Gasteiger partial charge >= 0.3 is 0 Å². The van der Waals surface area contributed by atoms with Crippen LogP contribution in [0.4, 0.5) is 0 Å². The Balaban J connectivity index is 1.56. The largest absolute Gasteiger partial charge is 0.310 e. The highest BCUT2D eigenvalue weighted by molar-refractivity contribution is 7.00. The Morgan fingerprint density at radius 3 is 2.11 bits per heavy atom. The highest BCUT2D eigenvalue weighted by Crippen LogP contribution is 2.48. The van der Waals surface area contributed by atoms with Crippen molar-refractivity contribution in [3.8, 4) is 16.8 Å². The number of hydrogen-bond acceptors (Lipinski definition) is 0. The first-order valence-corrected chi connectivity index (χ1v) is 13.8. The van der Waals surface area contributed by atoms with E-state index in [0.717, 1.165) is 0 Å². The van der Waals surface area contributed by atoms with Crippen molar-refractivity contribution >= 4 is 44.9 Å². The number of benzene rings is 5. The molecule has 0 unspecified atom stereocenters. The Hall–Kier alpha value is -4.04. The number of para-hydroxylation sites is 1. The second-order valence-corrected chi connectivity index (χ2v) is 12.5. The SMILES string of the molecule is CC1(C)c2ccc(-c3ccccc3)c3c2B2c4c(cccc4C3(C)C)-n3c4ccccc4c4ccc1c2c43. The van der Waals surface area contributed by atoms with Crippen molar-refractivity contribution < 1.29 is 0 Å². The van der Waals surface area contributed by atoms with Crippen molar-refractivity contribution in [1.82, 2.24) is 4.57 Å². The van der Waals surface area contributed by atoms with E-state index in [-0.39, 0.29) is 17.5 Å². The predicted molar refractivity (Wildman–Crippen MR) is 162 cm³/mol. The fraction of sp³-hybridized carbons (Fsp3) is 0.167. The molecule has 1 nitrogen and oxygen atoms in total. The number of rotatable bonds is 1. The van der Waals surface area contributed by atoms with E-state index in [1.165, 1.54) is 71.8 Å². The quantitative estimate of drug-likeness (QED) is 0.232. The Morgan fingerprint density at radius 1 is 0.553 bits per heavy atom. The van der Waals surface area contributed by atoms with E-state index in [2.05, 4.69) is 129 Å². The summed E-state index contributed by atoms with van der Waals surface area (Å²) in [6.07, 6.45) is 0. The summed E-state index contributed by atoms with van der Waals surface area (Å²) in [5, 5.41) is 2.72. The average Bonchev–Trinajstić information content (AvgIpc) is 3.27. The Kier molecular flexibility index (Phi) is 3.59. The van der Waals surface area contributed by atoms with Gasteiger partial charge in [0.25, 0.3) is 0 Å². The zero-order valence-electron chi connectivity index (χ0n) is 22.3. The topological polar surface area (TPSA) is 4.93 Å². The van der Waals surface area contributed by atoms with Gasteiger partial charge in [0.15, 0.2) is 0 Å². The van der Waals surface area contributed by atoms with Crippen LogP contribution in [0.2, 0.25) is 0 Å². The highest BCUT2D eigenvalue weighted by atomic mass is 15.0. The first-order chi connectivity index (χ1) is 18.4. The molecule has 0 bridgehead atoms. The Morgan fingerprint density at radius 2 is 1.26 bits per heavy atom. The van der Waals surface area contributed by atoms with Gasteiger partial charge in [0.1, 0.15) is 0 Å². The third-order valence-electron chi connectivity index (χ3n) is 10.0. The normalized spacial score (nSPS) is 16.8. The maximum atomic E-state index is 2.59. The maximum absolute atomic E-state index is 2.59. The lowest BCUT2D eigenvalue weighted by molar-refractivity contribution is 0.622. The van der Waals surface area contributed by atoms with Crippen LogP contribution in [0, 0.1) is 0 Å². The molecule has 2 heteroatoms. The van der Waals surface area contributed by atoms with Crippen LogP contribution in [0.15, 0.2) is 97.1 Å². The maximum Gasteiger partial charge on any atom is 0.248 e. The van der Waals surface area contributed by atoms with E-state index in [0.29, 0.717) is 0 Å². The van der Waals surface area contributed by atoms with E-state index >= 15 is 0 Å². The minimum absolute atomic E-state index is 0.0829. The molecule has 0 saturated carbocycles.